The maximum Gasteiger partial charge on any atom is 0.307 e. The number of ketones is 7. The molecule has 22 N–H and O–H groups in total. The van der Waals surface area contributed by atoms with Crippen LogP contribution in [0.15, 0.2) is 225 Å². The summed E-state index contributed by atoms with van der Waals surface area (Å²) in [6, 6.07) is 49.8. The largest absolute Gasteiger partial charge is 0.508 e. The third-order valence-electron chi connectivity index (χ3n) is 23.5. The molecule has 13 atom stereocenters. The number of phenols is 1. The van der Waals surface area contributed by atoms with E-state index in [1.54, 1.807) is 42.5 Å². The summed E-state index contributed by atoms with van der Waals surface area (Å²) in [6.45, 7) is 7.60. The first-order valence-corrected chi connectivity index (χ1v) is 47.0. The summed E-state index contributed by atoms with van der Waals surface area (Å²) in [4.78, 5) is 165. The van der Waals surface area contributed by atoms with Gasteiger partial charge in [0.25, 0.3) is 0 Å². The van der Waals surface area contributed by atoms with Crippen LogP contribution in [-0.4, -0.2) is 177 Å². The van der Waals surface area contributed by atoms with Crippen LogP contribution in [-0.2, 0) is 125 Å². The molecule has 9 aromatic carbocycles. The Morgan fingerprint density at radius 3 is 0.932 bits per heavy atom. The first kappa shape index (κ1) is 122. The van der Waals surface area contributed by atoms with Crippen molar-refractivity contribution in [3.63, 3.8) is 0 Å². The number of Topliss-reactive ketones (excluding diaryl/α,β-unsaturated/α-hetero) is 7. The number of phenolic OH excluding ortho intramolecular Hbond substituents is 1. The molecule has 7 unspecified atom stereocenters. The lowest BCUT2D eigenvalue weighted by Gasteiger charge is -2.16. The van der Waals surface area contributed by atoms with Gasteiger partial charge in [-0.2, -0.15) is 0 Å². The van der Waals surface area contributed by atoms with Gasteiger partial charge in [-0.15, -0.1) is 0 Å². The lowest BCUT2D eigenvalue weighted by Crippen LogP contribution is -2.35. The molecule has 0 aliphatic carbocycles. The van der Waals surface area contributed by atoms with Gasteiger partial charge in [-0.25, -0.2) is 30.7 Å². The van der Waals surface area contributed by atoms with Crippen LogP contribution < -0.4 is 39.7 Å². The molecule has 0 bridgehead atoms. The number of H-pyrrole nitrogens is 1. The zero-order valence-electron chi connectivity index (χ0n) is 81.2. The molecule has 10 aromatic rings. The second-order valence-corrected chi connectivity index (χ2v) is 36.1. The Balaban J connectivity index is 0.000000302. The van der Waals surface area contributed by atoms with Crippen LogP contribution in [0.3, 0.4) is 0 Å². The number of aromatic nitrogens is 1. The van der Waals surface area contributed by atoms with Crippen molar-refractivity contribution in [1.82, 2.24) is 10.3 Å². The van der Waals surface area contributed by atoms with Crippen molar-refractivity contribution in [3.05, 3.63) is 315 Å². The highest BCUT2D eigenvalue weighted by Crippen LogP contribution is 2.27. The number of fused-ring (bicyclic) bond motifs is 1. The number of aromatic amines is 1. The topological polar surface area (TPSA) is 585 Å². The summed E-state index contributed by atoms with van der Waals surface area (Å²) in [6.07, 6.45) is 4.94. The number of rotatable bonds is 48. The number of nitrogens with two attached hydrogens (primary N) is 6. The van der Waals surface area contributed by atoms with Crippen molar-refractivity contribution in [2.24, 2.45) is 81.7 Å². The van der Waals surface area contributed by atoms with Gasteiger partial charge in [0, 0.05) is 62.0 Å². The van der Waals surface area contributed by atoms with Gasteiger partial charge in [0.1, 0.15) is 69.6 Å². The van der Waals surface area contributed by atoms with Gasteiger partial charge >= 0.3 is 41.8 Å². The average Bonchev–Trinajstić information content (AvgIpc) is 1.68. The van der Waals surface area contributed by atoms with Crippen LogP contribution in [0.4, 0.5) is 30.7 Å². The first-order chi connectivity index (χ1) is 68.9. The van der Waals surface area contributed by atoms with Crippen LogP contribution in [0, 0.1) is 88.1 Å². The molecule has 11 rings (SSSR count). The number of halogens is 7. The van der Waals surface area contributed by atoms with Gasteiger partial charge in [-0.05, 0) is 257 Å². The fourth-order valence-electron chi connectivity index (χ4n) is 15.2. The summed E-state index contributed by atoms with van der Waals surface area (Å²) in [5.41, 5.74) is 40.7. The van der Waals surface area contributed by atoms with Crippen molar-refractivity contribution in [2.75, 3.05) is 13.1 Å². The Hall–Kier alpha value is -14.5. The number of aromatic hydroxyl groups is 1. The molecule has 1 aliphatic rings. The molecule has 1 fully saturated rings. The molecule has 784 valence electrons. The van der Waals surface area contributed by atoms with Gasteiger partial charge < -0.3 is 85.6 Å². The van der Waals surface area contributed by atoms with Gasteiger partial charge in [0.15, 0.2) is 17.3 Å². The fourth-order valence-corrected chi connectivity index (χ4v) is 15.2. The predicted octanol–water partition coefficient (Wildman–Crippen LogP) is 13.3. The number of hydrogen-bond donors (Lipinski definition) is 16. The average molecular weight is 2030 g/mol. The fraction of sp³-hybridized carbons (Fsp3) is 0.358. The number of carboxylic acid groups (broad SMARTS) is 7. The van der Waals surface area contributed by atoms with E-state index < -0.39 is 131 Å². The molecule has 1 aliphatic heterocycles. The highest BCUT2D eigenvalue weighted by molar-refractivity contribution is 5.92. The molecule has 37 heteroatoms. The molecule has 1 saturated heterocycles. The number of benzene rings is 9. The van der Waals surface area contributed by atoms with E-state index >= 15 is 0 Å². The van der Waals surface area contributed by atoms with Crippen molar-refractivity contribution >= 4 is 93.2 Å². The number of carboxylic acids is 7. The molecular weight excluding hydrogens is 1910 g/mol. The summed E-state index contributed by atoms with van der Waals surface area (Å²) >= 11 is 0. The number of aliphatic carboxylic acids is 7. The van der Waals surface area contributed by atoms with Crippen molar-refractivity contribution in [1.29, 1.82) is 0 Å². The minimum absolute atomic E-state index is 0.0182. The summed E-state index contributed by atoms with van der Waals surface area (Å²) in [7, 11) is 0. The van der Waals surface area contributed by atoms with E-state index in [1.807, 2.05) is 44.3 Å². The standard InChI is InChI=1S/C21H21FN2O3.C19H20FNO4.C16H22FNO3.C15H18FNO3.2C13H16FNO3.C12H14FNO3/c22-16-7-5-13(6-8-16)9-14(21(26)27)11-20(25)18(23)10-15-12-24-19-4-2-1-3-17(15)19;20-15-3-1-2-13(9-15)8-14(19(24)25)11-18(23)17(21)10-12-4-6-16(22)7-5-12;1-10(2)6-14(18)15(19)9-12(16(20)21)7-11-4-3-5-13(17)8-11;16-12-5-3-10(4-6-12)8-11(15(19)20)9-14(18)13-2-1-7-17-13;1-8(15)12(16)7-10(13(17)18)6-9-2-4-11(14)5-3-9;1-8(15)12(16)7-10(13(17)18)5-9-3-2-4-11(14)6-9;13-10-3-1-8(2-4-10)5-9(12(16)17)6-11(15)7-14/h1-8,12,14,18,24H,9-11,23H2,(H,26,27);1-7,9,14,17,22H,8,10-11,21H2,(H,24,25);3-5,8,10,12,14H,6-7,9,18H2,1-2H3,(H,20,21);3-6,11,13,17H,1-2,7-9H2,(H,19,20);2-5,8,10H,6-7,15H2,1H3,(H,17,18);2-4,6,8,10H,5,7,15H2,1H3,(H,17,18);1-4,9H,5-7,14H2,(H,16,17)/t14?,18-;14?,17-;12?,14-;11?,13-;2*8-,10?;/m000000./s1. The second-order valence-electron chi connectivity index (χ2n) is 36.1. The van der Waals surface area contributed by atoms with Gasteiger partial charge in [-0.1, -0.05) is 129 Å². The van der Waals surface area contributed by atoms with E-state index in [9.17, 15) is 123 Å². The quantitative estimate of drug-likeness (QED) is 0.0157. The lowest BCUT2D eigenvalue weighted by molar-refractivity contribution is -0.144. The molecule has 0 amide bonds. The number of para-hydroxylation sites is 1. The van der Waals surface area contributed by atoms with Crippen LogP contribution >= 0.6 is 0 Å². The molecule has 2 heterocycles. The molecule has 0 radical (unpaired) electrons. The third kappa shape index (κ3) is 46.5. The van der Waals surface area contributed by atoms with Crippen LogP contribution in [0.2, 0.25) is 0 Å². The van der Waals surface area contributed by atoms with E-state index in [2.05, 4.69) is 10.3 Å². The zero-order valence-corrected chi connectivity index (χ0v) is 81.2. The van der Waals surface area contributed by atoms with E-state index in [1.165, 1.54) is 166 Å². The third-order valence-corrected chi connectivity index (χ3v) is 23.5. The maximum absolute atomic E-state index is 13.2. The van der Waals surface area contributed by atoms with Gasteiger partial charge in [-0.3, -0.25) is 67.1 Å². The lowest BCUT2D eigenvalue weighted by atomic mass is 9.90. The molecule has 0 saturated carbocycles. The number of carbonyl (C=O) groups excluding carboxylic acids is 7. The Kier molecular flexibility index (Phi) is 52.6. The minimum atomic E-state index is -1.12. The highest BCUT2D eigenvalue weighted by Gasteiger charge is 2.33. The summed E-state index contributed by atoms with van der Waals surface area (Å²) in [5, 5.41) is 77.6. The molecule has 146 heavy (non-hydrogen) atoms. The number of carbonyl (C=O) groups is 14. The Morgan fingerprint density at radius 2 is 0.623 bits per heavy atom. The summed E-state index contributed by atoms with van der Waals surface area (Å²) < 4.78 is 90.5. The second kappa shape index (κ2) is 62.9. The SMILES string of the molecule is CC(C)C[C@H](N)C(=O)CC(Cc1cccc(F)c1)C(=O)O.C[C@H](N)C(=O)CC(Cc1ccc(F)cc1)C(=O)O.C[C@H](N)C(=O)CC(Cc1cccc(F)c1)C(=O)O.NCC(=O)CC(Cc1ccc(F)cc1)C(=O)O.N[C@@H](Cc1c[nH]c2ccccc12)C(=O)CC(Cc1ccc(F)cc1)C(=O)O.N[C@@H](Cc1ccc(O)cc1)C(=O)CC(Cc1cccc(F)c1)C(=O)O.O=C(O)C(CC(=O)[C@@H]1CCCN1)Cc1ccc(F)cc1. The Labute approximate surface area is 840 Å². The van der Waals surface area contributed by atoms with E-state index in [0.29, 0.717) is 46.2 Å². The van der Waals surface area contributed by atoms with Crippen LogP contribution in [0.1, 0.15) is 142 Å². The van der Waals surface area contributed by atoms with Crippen molar-refractivity contribution in [2.45, 2.75) is 186 Å². The molecule has 30 nitrogen and oxygen atoms in total. The van der Waals surface area contributed by atoms with Gasteiger partial charge in [0.05, 0.1) is 84.2 Å². The van der Waals surface area contributed by atoms with E-state index in [4.69, 9.17) is 49.7 Å². The van der Waals surface area contributed by atoms with Crippen LogP contribution in [0.25, 0.3) is 10.9 Å². The van der Waals surface area contributed by atoms with Crippen molar-refractivity contribution < 1.29 is 139 Å². The highest BCUT2D eigenvalue weighted by atomic mass is 19.2. The molecule has 1 aromatic heterocycles. The number of hydrogen-bond acceptors (Lipinski definition) is 22. The molecular formula is C109H127F7N8O22. The molecule has 0 spiro atoms. The first-order valence-electron chi connectivity index (χ1n) is 47.0. The van der Waals surface area contributed by atoms with Crippen LogP contribution in [0.5, 0.6) is 5.75 Å². The predicted molar refractivity (Wildman–Crippen MR) is 531 cm³/mol. The van der Waals surface area contributed by atoms with E-state index in [0.717, 1.165) is 47.0 Å². The van der Waals surface area contributed by atoms with Gasteiger partial charge in [0.2, 0.25) is 0 Å². The normalized spacial score (nSPS) is 14.3. The van der Waals surface area contributed by atoms with E-state index in [-0.39, 0.29) is 184 Å². The Bertz CT molecular complexity index is 5930. The van der Waals surface area contributed by atoms with Crippen molar-refractivity contribution in [3.8, 4) is 5.75 Å². The monoisotopic (exact) mass is 2030 g/mol. The zero-order chi connectivity index (χ0) is 109. The summed E-state index contributed by atoms with van der Waals surface area (Å²) in [5.74, 6) is -17.6. The number of nitrogens with one attached hydrogen (secondary N) is 2. The smallest absolute Gasteiger partial charge is 0.307 e. The Morgan fingerprint density at radius 1 is 0.329 bits per heavy atom. The maximum atomic E-state index is 13.2. The minimum Gasteiger partial charge on any atom is -0.508 e.